The molecule has 0 heterocycles. The summed E-state index contributed by atoms with van der Waals surface area (Å²) < 4.78 is 0. The summed E-state index contributed by atoms with van der Waals surface area (Å²) >= 11 is 0. The fourth-order valence-electron chi connectivity index (χ4n) is 1.79. The molecule has 0 bridgehead atoms. The molecule has 0 aliphatic carbocycles. The van der Waals surface area contributed by atoms with Gasteiger partial charge < -0.3 is 0 Å². The van der Waals surface area contributed by atoms with E-state index in [1.54, 1.807) is 24.3 Å². The predicted octanol–water partition coefficient (Wildman–Crippen LogP) is 3.97. The van der Waals surface area contributed by atoms with Crippen molar-refractivity contribution in [1.29, 1.82) is 0 Å². The summed E-state index contributed by atoms with van der Waals surface area (Å²) in [5.41, 5.74) is 0.576. The fraction of sp³-hybridized carbons (Fsp3) is 0.500. The molecule has 0 saturated heterocycles. The van der Waals surface area contributed by atoms with Gasteiger partial charge in [0, 0.05) is 5.56 Å². The van der Waals surface area contributed by atoms with Crippen LogP contribution in [0.2, 0.25) is 0 Å². The van der Waals surface area contributed by atoms with Crippen LogP contribution in [0.3, 0.4) is 0 Å². The molecule has 0 spiro atoms. The van der Waals surface area contributed by atoms with E-state index in [0.717, 1.165) is 25.7 Å². The number of nitroso groups, excluding NO2 is 1. The number of hydrogen-bond donors (Lipinski definition) is 0. The quantitative estimate of drug-likeness (QED) is 0.387. The highest BCUT2D eigenvalue weighted by atomic mass is 16.3. The molecule has 0 saturated carbocycles. The molecule has 0 aliphatic rings. The Morgan fingerprint density at radius 1 is 1.18 bits per heavy atom. The lowest BCUT2D eigenvalue weighted by atomic mass is 9.99. The van der Waals surface area contributed by atoms with E-state index in [0.29, 0.717) is 12.0 Å². The van der Waals surface area contributed by atoms with Crippen molar-refractivity contribution in [2.24, 2.45) is 5.18 Å². The third-order valence-corrected chi connectivity index (χ3v) is 2.82. The molecule has 1 rings (SSSR count). The van der Waals surface area contributed by atoms with Crippen LogP contribution in [0.5, 0.6) is 0 Å². The minimum absolute atomic E-state index is 0.155. The van der Waals surface area contributed by atoms with Gasteiger partial charge >= 0.3 is 0 Å². The van der Waals surface area contributed by atoms with Crippen LogP contribution in [0, 0.1) is 4.91 Å². The Balaban J connectivity index is 2.50. The van der Waals surface area contributed by atoms with E-state index in [2.05, 4.69) is 12.1 Å². The van der Waals surface area contributed by atoms with Crippen LogP contribution in [0.1, 0.15) is 49.4 Å². The number of unbranched alkanes of at least 4 members (excludes halogenated alkanes) is 3. The van der Waals surface area contributed by atoms with Crippen molar-refractivity contribution in [1.82, 2.24) is 0 Å². The third-order valence-electron chi connectivity index (χ3n) is 2.82. The highest BCUT2D eigenvalue weighted by Gasteiger charge is 2.19. The molecule has 0 fully saturated rings. The lowest BCUT2D eigenvalue weighted by molar-refractivity contribution is 0.0956. The maximum absolute atomic E-state index is 11.9. The fourth-order valence-corrected chi connectivity index (χ4v) is 1.79. The summed E-state index contributed by atoms with van der Waals surface area (Å²) in [6.07, 6.45) is 4.81. The van der Waals surface area contributed by atoms with Crippen LogP contribution >= 0.6 is 0 Å². The second-order valence-corrected chi connectivity index (χ2v) is 4.20. The molecule has 3 nitrogen and oxygen atoms in total. The van der Waals surface area contributed by atoms with Gasteiger partial charge in [-0.2, -0.15) is 4.91 Å². The van der Waals surface area contributed by atoms with Crippen LogP contribution in [-0.4, -0.2) is 11.8 Å². The molecule has 0 aliphatic heterocycles. The Hall–Kier alpha value is -1.51. The van der Waals surface area contributed by atoms with Crippen LogP contribution in [0.15, 0.2) is 35.5 Å². The highest BCUT2D eigenvalue weighted by Crippen LogP contribution is 2.13. The molecule has 1 unspecified atom stereocenters. The first-order valence-electron chi connectivity index (χ1n) is 6.21. The Bertz CT molecular complexity index is 348. The molecule has 0 aromatic heterocycles. The van der Waals surface area contributed by atoms with Crippen molar-refractivity contribution >= 4 is 5.78 Å². The van der Waals surface area contributed by atoms with Gasteiger partial charge in [-0.05, 0) is 6.42 Å². The maximum atomic E-state index is 11.9. The molecule has 3 heteroatoms. The van der Waals surface area contributed by atoms with E-state index in [9.17, 15) is 9.70 Å². The second kappa shape index (κ2) is 7.71. The molecular formula is C14H19NO2. The summed E-state index contributed by atoms with van der Waals surface area (Å²) in [6.45, 7) is 2.13. The van der Waals surface area contributed by atoms with Gasteiger partial charge in [0.1, 0.15) is 0 Å². The minimum atomic E-state index is -0.714. The number of rotatable bonds is 8. The number of hydrogen-bond acceptors (Lipinski definition) is 3. The number of nitrogens with zero attached hydrogens (tertiary/aromatic N) is 1. The van der Waals surface area contributed by atoms with E-state index in [1.807, 2.05) is 6.07 Å². The number of Topliss-reactive ketones (excluding diaryl/α,β-unsaturated/α-hetero) is 1. The van der Waals surface area contributed by atoms with Crippen molar-refractivity contribution < 1.29 is 4.79 Å². The first-order chi connectivity index (χ1) is 8.29. The Kier molecular flexibility index (Phi) is 6.15. The summed E-state index contributed by atoms with van der Waals surface area (Å²) in [5.74, 6) is -0.155. The van der Waals surface area contributed by atoms with Crippen LogP contribution in [0.4, 0.5) is 0 Å². The lowest BCUT2D eigenvalue weighted by Gasteiger charge is -2.07. The van der Waals surface area contributed by atoms with Crippen LogP contribution in [-0.2, 0) is 0 Å². The standard InChI is InChI=1S/C14H19NO2/c1-2-3-4-8-11-13(15-17)14(16)12-9-6-5-7-10-12/h5-7,9-10,13H,2-4,8,11H2,1H3. The van der Waals surface area contributed by atoms with Gasteiger partial charge in [-0.1, -0.05) is 68.1 Å². The Morgan fingerprint density at radius 3 is 2.47 bits per heavy atom. The zero-order valence-electron chi connectivity index (χ0n) is 10.3. The number of carbonyl (C=O) groups excluding carboxylic acids is 1. The van der Waals surface area contributed by atoms with E-state index in [4.69, 9.17) is 0 Å². The zero-order valence-corrected chi connectivity index (χ0v) is 10.3. The number of carbonyl (C=O) groups is 1. The van der Waals surface area contributed by atoms with Gasteiger partial charge in [0.05, 0.1) is 0 Å². The Morgan fingerprint density at radius 2 is 1.88 bits per heavy atom. The van der Waals surface area contributed by atoms with E-state index in [-0.39, 0.29) is 5.78 Å². The smallest absolute Gasteiger partial charge is 0.190 e. The van der Waals surface area contributed by atoms with Gasteiger partial charge in [-0.15, -0.1) is 0 Å². The monoisotopic (exact) mass is 233 g/mol. The van der Waals surface area contributed by atoms with Gasteiger partial charge in [-0.3, -0.25) is 4.79 Å². The van der Waals surface area contributed by atoms with Crippen LogP contribution < -0.4 is 0 Å². The molecule has 0 amide bonds. The zero-order chi connectivity index (χ0) is 12.5. The summed E-state index contributed by atoms with van der Waals surface area (Å²) in [6, 6.07) is 8.19. The molecule has 17 heavy (non-hydrogen) atoms. The molecule has 1 aromatic rings. The van der Waals surface area contributed by atoms with Gasteiger partial charge in [0.25, 0.3) is 0 Å². The van der Waals surface area contributed by atoms with Gasteiger partial charge in [0.15, 0.2) is 11.8 Å². The average Bonchev–Trinajstić information content (AvgIpc) is 2.39. The van der Waals surface area contributed by atoms with Crippen molar-refractivity contribution in [3.8, 4) is 0 Å². The van der Waals surface area contributed by atoms with Crippen LogP contribution in [0.25, 0.3) is 0 Å². The van der Waals surface area contributed by atoms with Gasteiger partial charge in [-0.25, -0.2) is 0 Å². The second-order valence-electron chi connectivity index (χ2n) is 4.20. The van der Waals surface area contributed by atoms with Gasteiger partial charge in [0.2, 0.25) is 0 Å². The topological polar surface area (TPSA) is 46.5 Å². The average molecular weight is 233 g/mol. The predicted molar refractivity (Wildman–Crippen MR) is 69.1 cm³/mol. The lowest BCUT2D eigenvalue weighted by Crippen LogP contribution is -2.18. The third kappa shape index (κ3) is 4.47. The summed E-state index contributed by atoms with van der Waals surface area (Å²) in [5, 5.41) is 2.96. The summed E-state index contributed by atoms with van der Waals surface area (Å²) in [4.78, 5) is 22.7. The Labute approximate surface area is 102 Å². The van der Waals surface area contributed by atoms with E-state index >= 15 is 0 Å². The molecule has 0 radical (unpaired) electrons. The molecule has 1 aromatic carbocycles. The normalized spacial score (nSPS) is 12.1. The SMILES string of the molecule is CCCCCCC(N=O)C(=O)c1ccccc1. The van der Waals surface area contributed by atoms with Crippen molar-refractivity contribution in [2.75, 3.05) is 0 Å². The highest BCUT2D eigenvalue weighted by molar-refractivity contribution is 6.00. The molecular weight excluding hydrogens is 214 g/mol. The maximum Gasteiger partial charge on any atom is 0.190 e. The minimum Gasteiger partial charge on any atom is -0.292 e. The van der Waals surface area contributed by atoms with E-state index in [1.165, 1.54) is 0 Å². The van der Waals surface area contributed by atoms with Crippen molar-refractivity contribution in [2.45, 2.75) is 45.1 Å². The largest absolute Gasteiger partial charge is 0.292 e. The number of ketones is 1. The molecule has 0 N–H and O–H groups in total. The first-order valence-corrected chi connectivity index (χ1v) is 6.21. The van der Waals surface area contributed by atoms with Crippen molar-refractivity contribution in [3.63, 3.8) is 0 Å². The summed E-state index contributed by atoms with van der Waals surface area (Å²) in [7, 11) is 0. The molecule has 1 atom stereocenters. The van der Waals surface area contributed by atoms with E-state index < -0.39 is 6.04 Å². The number of benzene rings is 1. The first kappa shape index (κ1) is 13.6. The van der Waals surface area contributed by atoms with Crippen molar-refractivity contribution in [3.05, 3.63) is 40.8 Å². The molecule has 92 valence electrons.